The van der Waals surface area contributed by atoms with Crippen LogP contribution in [-0.4, -0.2) is 35.0 Å². The quantitative estimate of drug-likeness (QED) is 0.465. The number of hydrogen-bond donors (Lipinski definition) is 0. The zero-order valence-corrected chi connectivity index (χ0v) is 19.1. The van der Waals surface area contributed by atoms with Crippen LogP contribution in [0.3, 0.4) is 0 Å². The second kappa shape index (κ2) is 8.71. The molecule has 4 aromatic rings. The summed E-state index contributed by atoms with van der Waals surface area (Å²) in [5.41, 5.74) is 5.92. The molecule has 0 amide bonds. The first kappa shape index (κ1) is 21.2. The zero-order valence-electron chi connectivity index (χ0n) is 19.1. The molecule has 3 heterocycles. The molecule has 0 bridgehead atoms. The first-order valence-corrected chi connectivity index (χ1v) is 11.1. The third-order valence-electron chi connectivity index (χ3n) is 6.39. The molecule has 33 heavy (non-hydrogen) atoms. The second-order valence-corrected chi connectivity index (χ2v) is 8.39. The van der Waals surface area contributed by atoms with Crippen molar-refractivity contribution in [2.45, 2.75) is 25.9 Å². The molecule has 2 aromatic carbocycles. The highest BCUT2D eigenvalue weighted by molar-refractivity contribution is 5.51. The fourth-order valence-electron chi connectivity index (χ4n) is 4.85. The van der Waals surface area contributed by atoms with E-state index in [1.54, 1.807) is 24.7 Å². The van der Waals surface area contributed by atoms with Gasteiger partial charge in [-0.3, -0.25) is 14.1 Å². The van der Waals surface area contributed by atoms with Crippen molar-refractivity contribution in [1.29, 1.82) is 0 Å². The molecule has 5 rings (SSSR count). The van der Waals surface area contributed by atoms with Gasteiger partial charge in [0.15, 0.2) is 11.5 Å². The van der Waals surface area contributed by atoms with Gasteiger partial charge in [0, 0.05) is 24.8 Å². The van der Waals surface area contributed by atoms with Crippen molar-refractivity contribution in [3.8, 4) is 11.5 Å². The Balaban J connectivity index is 1.59. The summed E-state index contributed by atoms with van der Waals surface area (Å²) >= 11 is 0. The zero-order chi connectivity index (χ0) is 22.9. The number of hydrogen-bond acceptors (Lipinski definition) is 5. The van der Waals surface area contributed by atoms with Crippen molar-refractivity contribution in [2.24, 2.45) is 0 Å². The molecule has 0 radical (unpaired) electrons. The van der Waals surface area contributed by atoms with Gasteiger partial charge in [-0.1, -0.05) is 36.4 Å². The number of fused-ring (bicyclic) bond motifs is 2. The highest BCUT2D eigenvalue weighted by Crippen LogP contribution is 2.41. The molecule has 1 atom stereocenters. The number of aromatic nitrogens is 2. The molecular formula is C27H27N3O3. The minimum atomic E-state index is -0.0480. The number of nitrogens with zero attached hydrogens (tertiary/aromatic N) is 3. The standard InChI is InChI=1S/C27H27N3O3/c1-18-8-7-11-25-28-21(15-26(31)30(18)25)17-29-13-12-20-14-23(32-2)24(33-3)16-22(20)27(29)19-9-5-4-6-10-19/h4-11,14-16,27H,12-13,17H2,1-3H3/t27-/m0/s1. The molecule has 0 unspecified atom stereocenters. The number of pyridine rings is 1. The third kappa shape index (κ3) is 3.87. The van der Waals surface area contributed by atoms with E-state index in [4.69, 9.17) is 14.5 Å². The van der Waals surface area contributed by atoms with Crippen molar-refractivity contribution >= 4 is 5.65 Å². The molecule has 0 N–H and O–H groups in total. The van der Waals surface area contributed by atoms with Gasteiger partial charge in [0.2, 0.25) is 0 Å². The van der Waals surface area contributed by atoms with Gasteiger partial charge in [0.25, 0.3) is 5.56 Å². The number of aryl methyl sites for hydroxylation is 1. The fourth-order valence-corrected chi connectivity index (χ4v) is 4.85. The normalized spacial score (nSPS) is 15.9. The minimum Gasteiger partial charge on any atom is -0.493 e. The van der Waals surface area contributed by atoms with E-state index >= 15 is 0 Å². The molecule has 0 fully saturated rings. The third-order valence-corrected chi connectivity index (χ3v) is 6.39. The van der Waals surface area contributed by atoms with Crippen molar-refractivity contribution in [3.63, 3.8) is 0 Å². The van der Waals surface area contributed by atoms with Gasteiger partial charge in [0.05, 0.1) is 26.0 Å². The molecule has 0 aliphatic carbocycles. The maximum absolute atomic E-state index is 12.8. The predicted molar refractivity (Wildman–Crippen MR) is 128 cm³/mol. The topological polar surface area (TPSA) is 56.1 Å². The van der Waals surface area contributed by atoms with Crippen LogP contribution in [0.5, 0.6) is 11.5 Å². The van der Waals surface area contributed by atoms with Gasteiger partial charge in [-0.2, -0.15) is 0 Å². The summed E-state index contributed by atoms with van der Waals surface area (Å²) in [6.07, 6.45) is 0.880. The Hall–Kier alpha value is -3.64. The summed E-state index contributed by atoms with van der Waals surface area (Å²) < 4.78 is 12.8. The summed E-state index contributed by atoms with van der Waals surface area (Å²) in [4.78, 5) is 20.0. The molecule has 1 aliphatic heterocycles. The van der Waals surface area contributed by atoms with E-state index in [-0.39, 0.29) is 11.6 Å². The van der Waals surface area contributed by atoms with E-state index < -0.39 is 0 Å². The molecular weight excluding hydrogens is 414 g/mol. The van der Waals surface area contributed by atoms with E-state index in [2.05, 4.69) is 41.3 Å². The Kier molecular flexibility index (Phi) is 5.60. The molecule has 6 nitrogen and oxygen atoms in total. The summed E-state index contributed by atoms with van der Waals surface area (Å²) in [5.74, 6) is 1.47. The van der Waals surface area contributed by atoms with Gasteiger partial charge >= 0.3 is 0 Å². The van der Waals surface area contributed by atoms with E-state index in [9.17, 15) is 4.79 Å². The molecule has 6 heteroatoms. The van der Waals surface area contributed by atoms with E-state index in [1.807, 2.05) is 31.2 Å². The van der Waals surface area contributed by atoms with Crippen molar-refractivity contribution < 1.29 is 9.47 Å². The summed E-state index contributed by atoms with van der Waals surface area (Å²) in [6.45, 7) is 3.34. The second-order valence-electron chi connectivity index (χ2n) is 8.39. The van der Waals surface area contributed by atoms with E-state index in [1.165, 1.54) is 16.7 Å². The fraction of sp³-hybridized carbons (Fsp3) is 0.259. The Morgan fingerprint density at radius 2 is 1.73 bits per heavy atom. The number of methoxy groups -OCH3 is 2. The number of ether oxygens (including phenoxy) is 2. The van der Waals surface area contributed by atoms with E-state index in [0.29, 0.717) is 12.2 Å². The molecule has 0 saturated heterocycles. The summed E-state index contributed by atoms with van der Waals surface area (Å²) in [7, 11) is 3.33. The van der Waals surface area contributed by atoms with Gasteiger partial charge in [-0.05, 0) is 54.3 Å². The number of rotatable bonds is 5. The lowest BCUT2D eigenvalue weighted by Gasteiger charge is -2.38. The van der Waals surface area contributed by atoms with Crippen LogP contribution in [0.25, 0.3) is 5.65 Å². The molecule has 1 aliphatic rings. The smallest absolute Gasteiger partial charge is 0.258 e. The Bertz CT molecular complexity index is 1360. The monoisotopic (exact) mass is 441 g/mol. The lowest BCUT2D eigenvalue weighted by atomic mass is 9.87. The average Bonchev–Trinajstić information content (AvgIpc) is 2.83. The SMILES string of the molecule is COc1cc2c(cc1OC)[C@H](c1ccccc1)N(Cc1cc(=O)n3c(C)cccc3n1)CC2. The van der Waals surface area contributed by atoms with Crippen LogP contribution in [-0.2, 0) is 13.0 Å². The maximum Gasteiger partial charge on any atom is 0.258 e. The first-order valence-electron chi connectivity index (χ1n) is 11.1. The Morgan fingerprint density at radius 1 is 0.970 bits per heavy atom. The molecule has 168 valence electrons. The summed E-state index contributed by atoms with van der Waals surface area (Å²) in [6, 6.07) is 22.0. The maximum atomic E-state index is 12.8. The van der Waals surface area contributed by atoms with Gasteiger partial charge in [-0.25, -0.2) is 4.98 Å². The van der Waals surface area contributed by atoms with Crippen molar-refractivity contribution in [3.05, 3.63) is 105 Å². The van der Waals surface area contributed by atoms with Crippen LogP contribution in [0.2, 0.25) is 0 Å². The Morgan fingerprint density at radius 3 is 2.48 bits per heavy atom. The lowest BCUT2D eigenvalue weighted by molar-refractivity contribution is 0.201. The molecule has 0 spiro atoms. The minimum absolute atomic E-state index is 0.0208. The van der Waals surface area contributed by atoms with Crippen LogP contribution in [0.4, 0.5) is 0 Å². The van der Waals surface area contributed by atoms with E-state index in [0.717, 1.165) is 35.9 Å². The number of benzene rings is 2. The van der Waals surface area contributed by atoms with Crippen LogP contribution in [0.15, 0.2) is 71.5 Å². The summed E-state index contributed by atoms with van der Waals surface area (Å²) in [5, 5.41) is 0. The highest BCUT2D eigenvalue weighted by Gasteiger charge is 2.30. The molecule has 0 saturated carbocycles. The highest BCUT2D eigenvalue weighted by atomic mass is 16.5. The van der Waals surface area contributed by atoms with Crippen LogP contribution < -0.4 is 15.0 Å². The van der Waals surface area contributed by atoms with Crippen molar-refractivity contribution in [1.82, 2.24) is 14.3 Å². The first-order chi connectivity index (χ1) is 16.1. The van der Waals surface area contributed by atoms with Gasteiger partial charge in [0.1, 0.15) is 5.65 Å². The van der Waals surface area contributed by atoms with Gasteiger partial charge < -0.3 is 9.47 Å². The molecule has 2 aromatic heterocycles. The van der Waals surface area contributed by atoms with Crippen LogP contribution in [0.1, 0.15) is 34.1 Å². The predicted octanol–water partition coefficient (Wildman–Crippen LogP) is 4.17. The lowest BCUT2D eigenvalue weighted by Crippen LogP contribution is -2.36. The van der Waals surface area contributed by atoms with Crippen LogP contribution >= 0.6 is 0 Å². The average molecular weight is 442 g/mol. The van der Waals surface area contributed by atoms with Gasteiger partial charge in [-0.15, -0.1) is 0 Å². The van der Waals surface area contributed by atoms with Crippen molar-refractivity contribution in [2.75, 3.05) is 20.8 Å². The Labute approximate surface area is 193 Å². The van der Waals surface area contributed by atoms with Crippen LogP contribution in [0, 0.1) is 6.92 Å². The largest absolute Gasteiger partial charge is 0.493 e.